The Labute approximate surface area is 126 Å². The van der Waals surface area contributed by atoms with Gasteiger partial charge in [-0.1, -0.05) is 19.8 Å². The van der Waals surface area contributed by atoms with Gasteiger partial charge >= 0.3 is 5.97 Å². The maximum absolute atomic E-state index is 12.2. The molecule has 5 heteroatoms. The highest BCUT2D eigenvalue weighted by Crippen LogP contribution is 2.28. The Morgan fingerprint density at radius 2 is 2.24 bits per heavy atom. The van der Waals surface area contributed by atoms with Crippen LogP contribution in [0.2, 0.25) is 0 Å². The third-order valence-electron chi connectivity index (χ3n) is 4.00. The summed E-state index contributed by atoms with van der Waals surface area (Å²) in [6.07, 6.45) is 7.41. The quantitative estimate of drug-likeness (QED) is 0.864. The highest BCUT2D eigenvalue weighted by molar-refractivity contribution is 5.95. The minimum absolute atomic E-state index is 0.341. The molecule has 1 aliphatic heterocycles. The molecule has 1 aliphatic rings. The SMILES string of the molecule is CCOC(=O)c1cc(N)cnc1N1CCCCCC1CC. The Balaban J connectivity index is 2.38. The van der Waals surface area contributed by atoms with Crippen LogP contribution in [-0.2, 0) is 4.74 Å². The lowest BCUT2D eigenvalue weighted by Gasteiger charge is -2.31. The van der Waals surface area contributed by atoms with Gasteiger partial charge in [-0.05, 0) is 32.3 Å². The summed E-state index contributed by atoms with van der Waals surface area (Å²) in [4.78, 5) is 18.9. The Morgan fingerprint density at radius 3 is 2.95 bits per heavy atom. The molecule has 2 heterocycles. The topological polar surface area (TPSA) is 68.5 Å². The third kappa shape index (κ3) is 3.65. The fourth-order valence-corrected chi connectivity index (χ4v) is 2.94. The molecular formula is C16H25N3O2. The second-order valence-corrected chi connectivity index (χ2v) is 5.47. The molecule has 2 rings (SSSR count). The molecule has 0 aliphatic carbocycles. The first-order chi connectivity index (χ1) is 10.2. The molecule has 0 saturated carbocycles. The van der Waals surface area contributed by atoms with Gasteiger partial charge in [-0.15, -0.1) is 0 Å². The minimum atomic E-state index is -0.341. The molecule has 1 atom stereocenters. The molecule has 1 saturated heterocycles. The average molecular weight is 291 g/mol. The van der Waals surface area contributed by atoms with Crippen LogP contribution < -0.4 is 10.6 Å². The van der Waals surface area contributed by atoms with Crippen LogP contribution in [0.15, 0.2) is 12.3 Å². The van der Waals surface area contributed by atoms with Gasteiger partial charge in [0.2, 0.25) is 0 Å². The molecule has 0 bridgehead atoms. The van der Waals surface area contributed by atoms with Crippen LogP contribution in [0.5, 0.6) is 0 Å². The molecule has 116 valence electrons. The molecule has 2 N–H and O–H groups in total. The molecule has 1 fully saturated rings. The van der Waals surface area contributed by atoms with E-state index in [9.17, 15) is 4.79 Å². The number of nitrogens with zero attached hydrogens (tertiary/aromatic N) is 2. The molecule has 1 aromatic heterocycles. The first kappa shape index (κ1) is 15.6. The molecule has 0 amide bonds. The Bertz CT molecular complexity index is 490. The Hall–Kier alpha value is -1.78. The summed E-state index contributed by atoms with van der Waals surface area (Å²) in [5.41, 5.74) is 6.77. The minimum Gasteiger partial charge on any atom is -0.462 e. The van der Waals surface area contributed by atoms with Crippen LogP contribution in [0.1, 0.15) is 56.3 Å². The zero-order chi connectivity index (χ0) is 15.2. The van der Waals surface area contributed by atoms with Crippen LogP contribution in [0.4, 0.5) is 11.5 Å². The second-order valence-electron chi connectivity index (χ2n) is 5.47. The first-order valence-electron chi connectivity index (χ1n) is 7.86. The van der Waals surface area contributed by atoms with E-state index in [1.807, 2.05) is 0 Å². The molecule has 1 aromatic rings. The van der Waals surface area contributed by atoms with Gasteiger partial charge < -0.3 is 15.4 Å². The van der Waals surface area contributed by atoms with E-state index in [0.717, 1.165) is 31.6 Å². The van der Waals surface area contributed by atoms with Crippen molar-refractivity contribution < 1.29 is 9.53 Å². The first-order valence-corrected chi connectivity index (χ1v) is 7.86. The number of esters is 1. The van der Waals surface area contributed by atoms with Gasteiger partial charge in [0.05, 0.1) is 18.5 Å². The summed E-state index contributed by atoms with van der Waals surface area (Å²) >= 11 is 0. The fraction of sp³-hybridized carbons (Fsp3) is 0.625. The van der Waals surface area contributed by atoms with Crippen molar-refractivity contribution in [1.82, 2.24) is 4.98 Å². The lowest BCUT2D eigenvalue weighted by Crippen LogP contribution is -2.36. The summed E-state index contributed by atoms with van der Waals surface area (Å²) in [6, 6.07) is 2.11. The highest BCUT2D eigenvalue weighted by atomic mass is 16.5. The van der Waals surface area contributed by atoms with E-state index in [1.54, 1.807) is 19.2 Å². The van der Waals surface area contributed by atoms with Crippen molar-refractivity contribution in [3.8, 4) is 0 Å². The number of rotatable bonds is 4. The monoisotopic (exact) mass is 291 g/mol. The average Bonchev–Trinajstić information content (AvgIpc) is 2.72. The molecule has 0 radical (unpaired) electrons. The van der Waals surface area contributed by atoms with Crippen molar-refractivity contribution in [3.05, 3.63) is 17.8 Å². The van der Waals surface area contributed by atoms with Gasteiger partial charge in [0.25, 0.3) is 0 Å². The lowest BCUT2D eigenvalue weighted by atomic mass is 10.1. The van der Waals surface area contributed by atoms with Crippen molar-refractivity contribution in [2.75, 3.05) is 23.8 Å². The second kappa shape index (κ2) is 7.29. The van der Waals surface area contributed by atoms with Crippen LogP contribution >= 0.6 is 0 Å². The lowest BCUT2D eigenvalue weighted by molar-refractivity contribution is 0.0526. The van der Waals surface area contributed by atoms with E-state index in [0.29, 0.717) is 23.9 Å². The molecule has 0 spiro atoms. The Morgan fingerprint density at radius 1 is 1.43 bits per heavy atom. The van der Waals surface area contributed by atoms with Crippen molar-refractivity contribution in [2.45, 2.75) is 52.0 Å². The molecule has 5 nitrogen and oxygen atoms in total. The van der Waals surface area contributed by atoms with Crippen molar-refractivity contribution in [2.24, 2.45) is 0 Å². The molecule has 21 heavy (non-hydrogen) atoms. The normalized spacial score (nSPS) is 19.1. The van der Waals surface area contributed by atoms with Gasteiger partial charge in [-0.3, -0.25) is 0 Å². The smallest absolute Gasteiger partial charge is 0.341 e. The summed E-state index contributed by atoms with van der Waals surface area (Å²) in [7, 11) is 0. The van der Waals surface area contributed by atoms with Crippen molar-refractivity contribution >= 4 is 17.5 Å². The van der Waals surface area contributed by atoms with Gasteiger partial charge in [-0.2, -0.15) is 0 Å². The summed E-state index contributed by atoms with van der Waals surface area (Å²) in [5, 5.41) is 0. The third-order valence-corrected chi connectivity index (χ3v) is 4.00. The van der Waals surface area contributed by atoms with E-state index in [-0.39, 0.29) is 5.97 Å². The number of carbonyl (C=O) groups is 1. The van der Waals surface area contributed by atoms with Crippen LogP contribution in [0.25, 0.3) is 0 Å². The van der Waals surface area contributed by atoms with Gasteiger partial charge in [0.15, 0.2) is 0 Å². The largest absolute Gasteiger partial charge is 0.462 e. The van der Waals surface area contributed by atoms with Crippen LogP contribution in [-0.4, -0.2) is 30.1 Å². The zero-order valence-electron chi connectivity index (χ0n) is 13.0. The number of pyridine rings is 1. The van der Waals surface area contributed by atoms with Gasteiger partial charge in [0.1, 0.15) is 11.4 Å². The van der Waals surface area contributed by atoms with Gasteiger partial charge in [0, 0.05) is 12.6 Å². The number of anilines is 2. The summed E-state index contributed by atoms with van der Waals surface area (Å²) in [5.74, 6) is 0.378. The summed E-state index contributed by atoms with van der Waals surface area (Å²) < 4.78 is 5.15. The number of hydrogen-bond donors (Lipinski definition) is 1. The zero-order valence-corrected chi connectivity index (χ0v) is 13.0. The van der Waals surface area contributed by atoms with E-state index < -0.39 is 0 Å². The summed E-state index contributed by atoms with van der Waals surface area (Å²) in [6.45, 7) is 5.27. The van der Waals surface area contributed by atoms with Crippen LogP contribution in [0, 0.1) is 0 Å². The number of nitrogen functional groups attached to an aromatic ring is 1. The predicted molar refractivity (Wildman–Crippen MR) is 84.5 cm³/mol. The van der Waals surface area contributed by atoms with Crippen LogP contribution in [0.3, 0.4) is 0 Å². The predicted octanol–water partition coefficient (Wildman–Crippen LogP) is 3.00. The van der Waals surface area contributed by atoms with E-state index in [1.165, 1.54) is 12.8 Å². The maximum atomic E-state index is 12.2. The maximum Gasteiger partial charge on any atom is 0.341 e. The number of aromatic nitrogens is 1. The number of ether oxygens (including phenoxy) is 1. The highest BCUT2D eigenvalue weighted by Gasteiger charge is 2.26. The number of hydrogen-bond acceptors (Lipinski definition) is 5. The van der Waals surface area contributed by atoms with Crippen molar-refractivity contribution in [1.29, 1.82) is 0 Å². The van der Waals surface area contributed by atoms with E-state index in [2.05, 4.69) is 16.8 Å². The van der Waals surface area contributed by atoms with E-state index in [4.69, 9.17) is 10.5 Å². The number of nitrogens with two attached hydrogens (primary N) is 1. The fourth-order valence-electron chi connectivity index (χ4n) is 2.94. The van der Waals surface area contributed by atoms with Crippen molar-refractivity contribution in [3.63, 3.8) is 0 Å². The molecule has 1 unspecified atom stereocenters. The molecule has 0 aromatic carbocycles. The van der Waals surface area contributed by atoms with Gasteiger partial charge in [-0.25, -0.2) is 9.78 Å². The standard InChI is InChI=1S/C16H25N3O2/c1-3-13-8-6-5-7-9-19(13)15-14(16(20)21-4-2)10-12(17)11-18-15/h10-11,13H,3-9,17H2,1-2H3. The van der Waals surface area contributed by atoms with E-state index >= 15 is 0 Å². The number of carbonyl (C=O) groups excluding carboxylic acids is 1. The molecular weight excluding hydrogens is 266 g/mol. The Kier molecular flexibility index (Phi) is 5.42.